The zero-order chi connectivity index (χ0) is 22.7. The molecule has 1 aromatic heterocycles. The molecular formula is C28H32N2O3. The van der Waals surface area contributed by atoms with Crippen molar-refractivity contribution >= 4 is 16.8 Å². The second-order valence-corrected chi connectivity index (χ2v) is 9.44. The molecule has 33 heavy (non-hydrogen) atoms. The number of benzene rings is 2. The van der Waals surface area contributed by atoms with Gasteiger partial charge in [0.05, 0.1) is 31.3 Å². The Hall–Kier alpha value is -2.92. The van der Waals surface area contributed by atoms with Gasteiger partial charge in [-0.15, -0.1) is 0 Å². The second kappa shape index (κ2) is 9.52. The van der Waals surface area contributed by atoms with E-state index in [1.54, 1.807) is 7.11 Å². The molecule has 5 rings (SSSR count). The van der Waals surface area contributed by atoms with Crippen molar-refractivity contribution in [2.45, 2.75) is 37.5 Å². The number of nitrogens with zero attached hydrogens (tertiary/aromatic N) is 2. The summed E-state index contributed by atoms with van der Waals surface area (Å²) in [5, 5.41) is 1.15. The molecular weight excluding hydrogens is 412 g/mol. The van der Waals surface area contributed by atoms with Gasteiger partial charge in [0, 0.05) is 30.6 Å². The number of carbonyl (C=O) groups is 1. The van der Waals surface area contributed by atoms with E-state index < -0.39 is 5.41 Å². The van der Waals surface area contributed by atoms with Crippen molar-refractivity contribution < 1.29 is 14.3 Å². The SMILES string of the molecule is COc1ccc(C2(C(=O)N3CCOC[C@@H](Cc4ccc5ncccc5c4)C3)CCCC2)cc1. The fourth-order valence-corrected chi connectivity index (χ4v) is 5.59. The molecule has 5 nitrogen and oxygen atoms in total. The maximum atomic E-state index is 14.0. The van der Waals surface area contributed by atoms with Gasteiger partial charge in [-0.25, -0.2) is 0 Å². The largest absolute Gasteiger partial charge is 0.497 e. The van der Waals surface area contributed by atoms with E-state index in [0.717, 1.165) is 60.9 Å². The monoisotopic (exact) mass is 444 g/mol. The Balaban J connectivity index is 1.36. The third-order valence-corrected chi connectivity index (χ3v) is 7.33. The molecule has 0 N–H and O–H groups in total. The van der Waals surface area contributed by atoms with Gasteiger partial charge in [-0.05, 0) is 60.7 Å². The molecule has 5 heteroatoms. The number of fused-ring (bicyclic) bond motifs is 1. The maximum Gasteiger partial charge on any atom is 0.233 e. The summed E-state index contributed by atoms with van der Waals surface area (Å²) in [6.07, 6.45) is 6.74. The third kappa shape index (κ3) is 4.47. The van der Waals surface area contributed by atoms with Crippen LogP contribution in [0.4, 0.5) is 0 Å². The van der Waals surface area contributed by atoms with Crippen LogP contribution in [0.25, 0.3) is 10.9 Å². The molecule has 3 aromatic rings. The van der Waals surface area contributed by atoms with Crippen molar-refractivity contribution in [1.29, 1.82) is 0 Å². The van der Waals surface area contributed by atoms with Gasteiger partial charge in [-0.3, -0.25) is 9.78 Å². The normalized spacial score (nSPS) is 20.5. The number of methoxy groups -OCH3 is 1. The van der Waals surface area contributed by atoms with Gasteiger partial charge >= 0.3 is 0 Å². The molecule has 1 saturated carbocycles. The lowest BCUT2D eigenvalue weighted by Gasteiger charge is -2.35. The van der Waals surface area contributed by atoms with Gasteiger partial charge in [0.2, 0.25) is 5.91 Å². The predicted molar refractivity (Wildman–Crippen MR) is 129 cm³/mol. The van der Waals surface area contributed by atoms with Crippen molar-refractivity contribution in [3.63, 3.8) is 0 Å². The van der Waals surface area contributed by atoms with Gasteiger partial charge in [0.1, 0.15) is 5.75 Å². The molecule has 0 spiro atoms. The van der Waals surface area contributed by atoms with Crippen molar-refractivity contribution in [2.75, 3.05) is 33.4 Å². The van der Waals surface area contributed by atoms with Crippen molar-refractivity contribution in [2.24, 2.45) is 5.92 Å². The number of ether oxygens (including phenoxy) is 2. The number of amides is 1. The Morgan fingerprint density at radius 3 is 2.76 bits per heavy atom. The first-order valence-electron chi connectivity index (χ1n) is 12.0. The number of pyridine rings is 1. The maximum absolute atomic E-state index is 14.0. The van der Waals surface area contributed by atoms with E-state index in [9.17, 15) is 4.79 Å². The van der Waals surface area contributed by atoms with E-state index in [2.05, 4.69) is 46.3 Å². The summed E-state index contributed by atoms with van der Waals surface area (Å²) in [7, 11) is 1.68. The van der Waals surface area contributed by atoms with Crippen LogP contribution in [-0.2, 0) is 21.4 Å². The first kappa shape index (κ1) is 21.9. The van der Waals surface area contributed by atoms with E-state index in [0.29, 0.717) is 19.8 Å². The molecule has 0 bridgehead atoms. The van der Waals surface area contributed by atoms with E-state index in [4.69, 9.17) is 9.47 Å². The average Bonchev–Trinajstić information content (AvgIpc) is 3.25. The van der Waals surface area contributed by atoms with Gasteiger partial charge in [0.25, 0.3) is 0 Å². The summed E-state index contributed by atoms with van der Waals surface area (Å²) in [5.41, 5.74) is 2.98. The second-order valence-electron chi connectivity index (χ2n) is 9.44. The quantitative estimate of drug-likeness (QED) is 0.569. The molecule has 2 fully saturated rings. The summed E-state index contributed by atoms with van der Waals surface area (Å²) >= 11 is 0. The highest BCUT2D eigenvalue weighted by Crippen LogP contribution is 2.43. The zero-order valence-corrected chi connectivity index (χ0v) is 19.3. The standard InChI is InChI=1S/C28H32N2O3/c1-32-25-9-7-24(8-10-25)28(12-2-3-13-28)27(31)30-15-16-33-20-22(19-30)17-21-6-11-26-23(18-21)5-4-14-29-26/h4-11,14,18,22H,2-3,12-13,15-17,19-20H2,1H3/t22-/m0/s1. The number of rotatable bonds is 5. The average molecular weight is 445 g/mol. The third-order valence-electron chi connectivity index (χ3n) is 7.33. The Bertz CT molecular complexity index is 1110. The number of aromatic nitrogens is 1. The molecule has 1 saturated heterocycles. The molecule has 2 aliphatic rings. The molecule has 2 aromatic carbocycles. The smallest absolute Gasteiger partial charge is 0.233 e. The van der Waals surface area contributed by atoms with E-state index in [1.165, 1.54) is 5.56 Å². The van der Waals surface area contributed by atoms with Gasteiger partial charge in [0.15, 0.2) is 0 Å². The Morgan fingerprint density at radius 1 is 1.15 bits per heavy atom. The highest BCUT2D eigenvalue weighted by molar-refractivity contribution is 5.89. The van der Waals surface area contributed by atoms with Crippen LogP contribution >= 0.6 is 0 Å². The number of carbonyl (C=O) groups excluding carboxylic acids is 1. The minimum atomic E-state index is -0.421. The molecule has 172 valence electrons. The van der Waals surface area contributed by atoms with Crippen LogP contribution in [0.15, 0.2) is 60.8 Å². The van der Waals surface area contributed by atoms with Crippen molar-refractivity contribution in [1.82, 2.24) is 9.88 Å². The number of hydrogen-bond donors (Lipinski definition) is 0. The minimum absolute atomic E-state index is 0.267. The predicted octanol–water partition coefficient (Wildman–Crippen LogP) is 4.77. The fraction of sp³-hybridized carbons (Fsp3) is 0.429. The van der Waals surface area contributed by atoms with Crippen LogP contribution in [0.1, 0.15) is 36.8 Å². The lowest BCUT2D eigenvalue weighted by molar-refractivity contribution is -0.137. The molecule has 1 atom stereocenters. The highest BCUT2D eigenvalue weighted by atomic mass is 16.5. The summed E-state index contributed by atoms with van der Waals surface area (Å²) in [5.74, 6) is 1.37. The van der Waals surface area contributed by atoms with Gasteiger partial charge in [-0.2, -0.15) is 0 Å². The first-order valence-corrected chi connectivity index (χ1v) is 12.0. The van der Waals surface area contributed by atoms with Crippen molar-refractivity contribution in [3.8, 4) is 5.75 Å². The van der Waals surface area contributed by atoms with Crippen LogP contribution < -0.4 is 4.74 Å². The molecule has 1 amide bonds. The van der Waals surface area contributed by atoms with Crippen LogP contribution in [0.2, 0.25) is 0 Å². The van der Waals surface area contributed by atoms with Crippen LogP contribution in [0.3, 0.4) is 0 Å². The van der Waals surface area contributed by atoms with E-state index >= 15 is 0 Å². The van der Waals surface area contributed by atoms with Crippen LogP contribution in [0.5, 0.6) is 5.75 Å². The zero-order valence-electron chi connectivity index (χ0n) is 19.3. The fourth-order valence-electron chi connectivity index (χ4n) is 5.59. The highest BCUT2D eigenvalue weighted by Gasteiger charge is 2.45. The topological polar surface area (TPSA) is 51.7 Å². The molecule has 2 heterocycles. The Kier molecular flexibility index (Phi) is 6.32. The minimum Gasteiger partial charge on any atom is -0.497 e. The summed E-state index contributed by atoms with van der Waals surface area (Å²) in [6.45, 7) is 2.68. The molecule has 1 aliphatic carbocycles. The summed E-state index contributed by atoms with van der Waals surface area (Å²) < 4.78 is 11.3. The Morgan fingerprint density at radius 2 is 1.97 bits per heavy atom. The molecule has 1 aliphatic heterocycles. The van der Waals surface area contributed by atoms with E-state index in [-0.39, 0.29) is 11.8 Å². The first-order chi connectivity index (χ1) is 16.2. The summed E-state index contributed by atoms with van der Waals surface area (Å²) in [4.78, 5) is 20.5. The van der Waals surface area contributed by atoms with Gasteiger partial charge in [-0.1, -0.05) is 37.1 Å². The van der Waals surface area contributed by atoms with Gasteiger partial charge < -0.3 is 14.4 Å². The number of hydrogen-bond acceptors (Lipinski definition) is 4. The lowest BCUT2D eigenvalue weighted by Crippen LogP contribution is -2.47. The molecule has 0 unspecified atom stereocenters. The summed E-state index contributed by atoms with van der Waals surface area (Å²) in [6, 6.07) is 18.6. The molecule has 0 radical (unpaired) electrons. The van der Waals surface area contributed by atoms with E-state index in [1.807, 2.05) is 24.4 Å². The van der Waals surface area contributed by atoms with Crippen molar-refractivity contribution in [3.05, 3.63) is 71.9 Å². The van der Waals surface area contributed by atoms with Crippen LogP contribution in [-0.4, -0.2) is 49.2 Å². The van der Waals surface area contributed by atoms with Crippen LogP contribution in [0, 0.1) is 5.92 Å². The Labute approximate surface area is 195 Å². The lowest BCUT2D eigenvalue weighted by atomic mass is 9.77.